The zero-order chi connectivity index (χ0) is 11.7. The van der Waals surface area contributed by atoms with E-state index < -0.39 is 6.17 Å². The summed E-state index contributed by atoms with van der Waals surface area (Å²) < 4.78 is 15.7. The molecule has 0 amide bonds. The summed E-state index contributed by atoms with van der Waals surface area (Å²) in [6.07, 6.45) is 1.15. The van der Waals surface area contributed by atoms with E-state index in [9.17, 15) is 4.39 Å². The number of nitrogens with two attached hydrogens (primary N) is 1. The molecule has 1 atom stereocenters. The zero-order valence-electron chi connectivity index (χ0n) is 9.08. The topological polar surface area (TPSA) is 30.9 Å². The van der Waals surface area contributed by atoms with E-state index in [0.29, 0.717) is 23.6 Å². The second-order valence-corrected chi connectivity index (χ2v) is 4.34. The third-order valence-corrected chi connectivity index (χ3v) is 2.98. The SMILES string of the molecule is Cn1cc(C(F)CCN)c2ccc(Cl)cc21. The standard InChI is InChI=1S/C12H14ClFN2/c1-16-7-10(11(14)4-5-15)9-3-2-8(13)6-12(9)16/h2-3,6-7,11H,4-5,15H2,1H3. The molecule has 1 unspecified atom stereocenters. The van der Waals surface area contributed by atoms with Gasteiger partial charge in [0, 0.05) is 34.7 Å². The molecule has 0 spiro atoms. The number of hydrogen-bond donors (Lipinski definition) is 1. The normalized spacial score (nSPS) is 13.2. The Hall–Kier alpha value is -1.06. The van der Waals surface area contributed by atoms with Gasteiger partial charge in [-0.05, 0) is 25.1 Å². The molecule has 2 nitrogen and oxygen atoms in total. The van der Waals surface area contributed by atoms with Crippen LogP contribution < -0.4 is 5.73 Å². The van der Waals surface area contributed by atoms with Crippen LogP contribution in [0.1, 0.15) is 18.2 Å². The van der Waals surface area contributed by atoms with Crippen molar-refractivity contribution in [2.75, 3.05) is 6.54 Å². The first-order valence-corrected chi connectivity index (χ1v) is 5.60. The molecular weight excluding hydrogens is 227 g/mol. The first kappa shape index (κ1) is 11.4. The van der Waals surface area contributed by atoms with Crippen LogP contribution in [0.3, 0.4) is 0 Å². The average Bonchev–Trinajstić information content (AvgIpc) is 2.56. The van der Waals surface area contributed by atoms with Crippen LogP contribution in [0.5, 0.6) is 0 Å². The van der Waals surface area contributed by atoms with E-state index in [4.69, 9.17) is 17.3 Å². The number of benzene rings is 1. The van der Waals surface area contributed by atoms with Crippen LogP contribution in [-0.4, -0.2) is 11.1 Å². The maximum atomic E-state index is 13.9. The van der Waals surface area contributed by atoms with Crippen LogP contribution in [0.2, 0.25) is 5.02 Å². The fourth-order valence-corrected chi connectivity index (χ4v) is 2.11. The van der Waals surface area contributed by atoms with Crippen molar-refractivity contribution in [2.24, 2.45) is 12.8 Å². The second-order valence-electron chi connectivity index (χ2n) is 3.90. The smallest absolute Gasteiger partial charge is 0.128 e. The number of aromatic nitrogens is 1. The second kappa shape index (κ2) is 4.44. The number of halogens is 2. The van der Waals surface area contributed by atoms with Crippen molar-refractivity contribution in [3.05, 3.63) is 35.0 Å². The van der Waals surface area contributed by atoms with Gasteiger partial charge >= 0.3 is 0 Å². The van der Waals surface area contributed by atoms with E-state index in [-0.39, 0.29) is 0 Å². The summed E-state index contributed by atoms with van der Waals surface area (Å²) in [5, 5.41) is 1.57. The van der Waals surface area contributed by atoms with Crippen LogP contribution in [0.4, 0.5) is 4.39 Å². The predicted octanol–water partition coefficient (Wildman–Crippen LogP) is 3.19. The van der Waals surface area contributed by atoms with E-state index >= 15 is 0 Å². The number of nitrogens with zero attached hydrogens (tertiary/aromatic N) is 1. The first-order valence-electron chi connectivity index (χ1n) is 5.22. The number of rotatable bonds is 3. The van der Waals surface area contributed by atoms with Gasteiger partial charge in [0.05, 0.1) is 0 Å². The van der Waals surface area contributed by atoms with E-state index in [1.807, 2.05) is 23.7 Å². The highest BCUT2D eigenvalue weighted by Crippen LogP contribution is 2.31. The lowest BCUT2D eigenvalue weighted by atomic mass is 10.1. The Bertz CT molecular complexity index is 507. The minimum absolute atomic E-state index is 0.349. The molecular formula is C12H14ClFN2. The Kier molecular flexibility index (Phi) is 3.17. The number of alkyl halides is 1. The summed E-state index contributed by atoms with van der Waals surface area (Å²) in [6.45, 7) is 0.352. The fraction of sp³-hybridized carbons (Fsp3) is 0.333. The van der Waals surface area contributed by atoms with Gasteiger partial charge in [0.25, 0.3) is 0 Å². The molecule has 2 rings (SSSR count). The number of hydrogen-bond acceptors (Lipinski definition) is 1. The van der Waals surface area contributed by atoms with Gasteiger partial charge in [-0.15, -0.1) is 0 Å². The van der Waals surface area contributed by atoms with Gasteiger partial charge in [-0.25, -0.2) is 4.39 Å². The van der Waals surface area contributed by atoms with E-state index in [1.54, 1.807) is 12.3 Å². The van der Waals surface area contributed by atoms with Crippen LogP contribution in [0, 0.1) is 0 Å². The van der Waals surface area contributed by atoms with Crippen molar-refractivity contribution < 1.29 is 4.39 Å². The predicted molar refractivity (Wildman–Crippen MR) is 65.4 cm³/mol. The van der Waals surface area contributed by atoms with Gasteiger partial charge in [0.2, 0.25) is 0 Å². The summed E-state index contributed by atoms with van der Waals surface area (Å²) in [7, 11) is 1.89. The summed E-state index contributed by atoms with van der Waals surface area (Å²) >= 11 is 5.91. The van der Waals surface area contributed by atoms with Gasteiger partial charge in [-0.3, -0.25) is 0 Å². The lowest BCUT2D eigenvalue weighted by Crippen LogP contribution is -2.03. The van der Waals surface area contributed by atoms with Crippen LogP contribution in [0.25, 0.3) is 10.9 Å². The van der Waals surface area contributed by atoms with Crippen molar-refractivity contribution in [1.29, 1.82) is 0 Å². The largest absolute Gasteiger partial charge is 0.350 e. The Morgan fingerprint density at radius 1 is 1.50 bits per heavy atom. The monoisotopic (exact) mass is 240 g/mol. The molecule has 2 N–H and O–H groups in total. The van der Waals surface area contributed by atoms with Crippen molar-refractivity contribution in [3.63, 3.8) is 0 Å². The Labute approximate surface area is 98.8 Å². The molecule has 2 aromatic rings. The molecule has 0 bridgehead atoms. The molecule has 1 heterocycles. The van der Waals surface area contributed by atoms with E-state index in [1.165, 1.54) is 0 Å². The molecule has 0 radical (unpaired) electrons. The summed E-state index contributed by atoms with van der Waals surface area (Å²) in [4.78, 5) is 0. The van der Waals surface area contributed by atoms with Gasteiger partial charge in [-0.1, -0.05) is 17.7 Å². The Morgan fingerprint density at radius 2 is 2.25 bits per heavy atom. The first-order chi connectivity index (χ1) is 7.63. The third kappa shape index (κ3) is 1.93. The minimum atomic E-state index is -1.00. The Balaban J connectivity index is 2.55. The number of fused-ring (bicyclic) bond motifs is 1. The maximum absolute atomic E-state index is 13.9. The highest BCUT2D eigenvalue weighted by molar-refractivity contribution is 6.31. The van der Waals surface area contributed by atoms with Crippen LogP contribution >= 0.6 is 11.6 Å². The van der Waals surface area contributed by atoms with Gasteiger partial charge in [0.15, 0.2) is 0 Å². The molecule has 4 heteroatoms. The summed E-state index contributed by atoms with van der Waals surface area (Å²) in [5.41, 5.74) is 7.01. The minimum Gasteiger partial charge on any atom is -0.350 e. The zero-order valence-corrected chi connectivity index (χ0v) is 9.84. The molecule has 1 aromatic heterocycles. The number of aryl methyl sites for hydroxylation is 1. The van der Waals surface area contributed by atoms with Crippen LogP contribution in [-0.2, 0) is 7.05 Å². The fourth-order valence-electron chi connectivity index (χ4n) is 1.94. The molecule has 0 aliphatic carbocycles. The average molecular weight is 241 g/mol. The Morgan fingerprint density at radius 3 is 2.94 bits per heavy atom. The van der Waals surface area contributed by atoms with E-state index in [2.05, 4.69) is 0 Å². The molecule has 16 heavy (non-hydrogen) atoms. The molecule has 1 aromatic carbocycles. The van der Waals surface area contributed by atoms with Crippen molar-refractivity contribution in [2.45, 2.75) is 12.6 Å². The molecule has 0 saturated heterocycles. The molecule has 0 aliphatic heterocycles. The quantitative estimate of drug-likeness (QED) is 0.878. The van der Waals surface area contributed by atoms with Crippen molar-refractivity contribution in [3.8, 4) is 0 Å². The lowest BCUT2D eigenvalue weighted by molar-refractivity contribution is 0.329. The van der Waals surface area contributed by atoms with Crippen molar-refractivity contribution >= 4 is 22.5 Å². The summed E-state index contributed by atoms with van der Waals surface area (Å²) in [6, 6.07) is 5.48. The van der Waals surface area contributed by atoms with Crippen molar-refractivity contribution in [1.82, 2.24) is 4.57 Å². The molecule has 0 fully saturated rings. The highest BCUT2D eigenvalue weighted by Gasteiger charge is 2.15. The van der Waals surface area contributed by atoms with Gasteiger partial charge in [0.1, 0.15) is 6.17 Å². The molecule has 0 aliphatic rings. The third-order valence-electron chi connectivity index (χ3n) is 2.74. The van der Waals surface area contributed by atoms with Crippen LogP contribution in [0.15, 0.2) is 24.4 Å². The van der Waals surface area contributed by atoms with E-state index in [0.717, 1.165) is 10.9 Å². The summed E-state index contributed by atoms with van der Waals surface area (Å²) in [5.74, 6) is 0. The molecule has 0 saturated carbocycles. The lowest BCUT2D eigenvalue weighted by Gasteiger charge is -2.04. The maximum Gasteiger partial charge on any atom is 0.128 e. The van der Waals surface area contributed by atoms with Gasteiger partial charge < -0.3 is 10.3 Å². The van der Waals surface area contributed by atoms with Gasteiger partial charge in [-0.2, -0.15) is 0 Å². The molecule has 86 valence electrons. The highest BCUT2D eigenvalue weighted by atomic mass is 35.5.